The van der Waals surface area contributed by atoms with Crippen LogP contribution in [0.25, 0.3) is 17.0 Å². The highest BCUT2D eigenvalue weighted by molar-refractivity contribution is 6.30. The molecular formula is C20H20ClN5O4. The van der Waals surface area contributed by atoms with E-state index in [0.717, 1.165) is 12.0 Å². The van der Waals surface area contributed by atoms with Crippen molar-refractivity contribution in [1.29, 1.82) is 0 Å². The lowest BCUT2D eigenvalue weighted by Gasteiger charge is -2.27. The predicted molar refractivity (Wildman–Crippen MR) is 112 cm³/mol. The monoisotopic (exact) mass is 429 g/mol. The second-order valence-electron chi connectivity index (χ2n) is 7.17. The molecule has 4 rings (SSSR count). The number of amides is 1. The van der Waals surface area contributed by atoms with Gasteiger partial charge in [0.05, 0.1) is 5.69 Å². The summed E-state index contributed by atoms with van der Waals surface area (Å²) in [5.41, 5.74) is 1.20. The van der Waals surface area contributed by atoms with Crippen LogP contribution < -0.4 is 15.8 Å². The number of rotatable bonds is 5. The Bertz CT molecular complexity index is 1180. The van der Waals surface area contributed by atoms with Crippen molar-refractivity contribution >= 4 is 35.1 Å². The molecule has 30 heavy (non-hydrogen) atoms. The van der Waals surface area contributed by atoms with E-state index >= 15 is 0 Å². The van der Waals surface area contributed by atoms with E-state index in [2.05, 4.69) is 10.3 Å². The molecule has 0 saturated carbocycles. The first-order valence-corrected chi connectivity index (χ1v) is 9.84. The molecule has 1 amide bonds. The average Bonchev–Trinajstić information content (AvgIpc) is 3.37. The molecule has 0 unspecified atom stereocenters. The molecule has 156 valence electrons. The van der Waals surface area contributed by atoms with E-state index in [9.17, 15) is 14.4 Å². The van der Waals surface area contributed by atoms with Crippen LogP contribution >= 0.6 is 11.6 Å². The minimum atomic E-state index is -1.10. The van der Waals surface area contributed by atoms with Gasteiger partial charge in [-0.05, 0) is 25.0 Å². The average molecular weight is 430 g/mol. The van der Waals surface area contributed by atoms with Crippen LogP contribution in [0.5, 0.6) is 0 Å². The van der Waals surface area contributed by atoms with Crippen molar-refractivity contribution in [3.8, 4) is 11.3 Å². The van der Waals surface area contributed by atoms with Gasteiger partial charge < -0.3 is 19.9 Å². The number of anilines is 1. The van der Waals surface area contributed by atoms with Crippen LogP contribution in [-0.2, 0) is 16.6 Å². The van der Waals surface area contributed by atoms with Gasteiger partial charge in [-0.1, -0.05) is 23.7 Å². The number of nitrogens with zero attached hydrogens (tertiary/aromatic N) is 4. The van der Waals surface area contributed by atoms with Crippen molar-refractivity contribution in [2.75, 3.05) is 18.0 Å². The smallest absolute Gasteiger partial charge is 0.322 e. The summed E-state index contributed by atoms with van der Waals surface area (Å²) >= 11 is 5.95. The van der Waals surface area contributed by atoms with E-state index in [4.69, 9.17) is 16.7 Å². The number of carbonyl (C=O) groups is 2. The molecule has 0 radical (unpaired) electrons. The van der Waals surface area contributed by atoms with E-state index in [0.29, 0.717) is 35.3 Å². The van der Waals surface area contributed by atoms with Gasteiger partial charge in [0.1, 0.15) is 18.4 Å². The Morgan fingerprint density at radius 1 is 1.30 bits per heavy atom. The number of carboxylic acid groups (broad SMARTS) is 1. The lowest BCUT2D eigenvalue weighted by atomic mass is 10.2. The lowest BCUT2D eigenvalue weighted by Crippen LogP contribution is -2.46. The Hall–Kier alpha value is -3.33. The molecule has 2 N–H and O–H groups in total. The maximum Gasteiger partial charge on any atom is 0.322 e. The summed E-state index contributed by atoms with van der Waals surface area (Å²) < 4.78 is 3.23. The van der Waals surface area contributed by atoms with Crippen molar-refractivity contribution < 1.29 is 14.7 Å². The third kappa shape index (κ3) is 3.63. The molecular weight excluding hydrogens is 410 g/mol. The van der Waals surface area contributed by atoms with Crippen LogP contribution in [0.1, 0.15) is 12.8 Å². The quantitative estimate of drug-likeness (QED) is 0.636. The van der Waals surface area contributed by atoms with E-state index in [1.807, 2.05) is 17.0 Å². The number of benzene rings is 1. The number of aliphatic carboxylic acids is 1. The van der Waals surface area contributed by atoms with Gasteiger partial charge in [-0.3, -0.25) is 18.8 Å². The molecule has 1 aromatic carbocycles. The summed E-state index contributed by atoms with van der Waals surface area (Å²) in [6, 6.07) is 8.12. The number of imidazole rings is 1. The van der Waals surface area contributed by atoms with Crippen molar-refractivity contribution in [1.82, 2.24) is 19.3 Å². The summed E-state index contributed by atoms with van der Waals surface area (Å²) in [4.78, 5) is 42.5. The minimum Gasteiger partial charge on any atom is -0.480 e. The van der Waals surface area contributed by atoms with Crippen LogP contribution in [0.3, 0.4) is 0 Å². The predicted octanol–water partition coefficient (Wildman–Crippen LogP) is 1.52. The zero-order chi connectivity index (χ0) is 21.4. The molecule has 1 aliphatic rings. The first kappa shape index (κ1) is 20.0. The first-order valence-electron chi connectivity index (χ1n) is 9.46. The Balaban J connectivity index is 1.72. The molecule has 3 aromatic rings. The number of halogens is 1. The van der Waals surface area contributed by atoms with Crippen LogP contribution in [0.15, 0.2) is 41.3 Å². The standard InChI is InChI=1S/C20H20ClN5O4/c1-24-16(25-8-2-3-15(25)19(30)22-10-18(28)29)9-17(27)26-11-14(23-20(24)26)12-4-6-13(21)7-5-12/h4-7,9,11,15H,2-3,8,10H2,1H3,(H,22,30)(H,28,29)/t15-/m0/s1. The highest BCUT2D eigenvalue weighted by atomic mass is 35.5. The maximum absolute atomic E-state index is 12.8. The van der Waals surface area contributed by atoms with Crippen molar-refractivity contribution in [2.24, 2.45) is 7.05 Å². The minimum absolute atomic E-state index is 0.262. The number of hydrogen-bond donors (Lipinski definition) is 2. The highest BCUT2D eigenvalue weighted by Crippen LogP contribution is 2.27. The third-order valence-corrected chi connectivity index (χ3v) is 5.48. The second-order valence-corrected chi connectivity index (χ2v) is 7.60. The number of carbonyl (C=O) groups excluding carboxylic acids is 1. The molecule has 0 spiro atoms. The van der Waals surface area contributed by atoms with E-state index in [1.54, 1.807) is 29.9 Å². The maximum atomic E-state index is 12.8. The summed E-state index contributed by atoms with van der Waals surface area (Å²) in [6.07, 6.45) is 3.01. The summed E-state index contributed by atoms with van der Waals surface area (Å²) in [5, 5.41) is 11.8. The van der Waals surface area contributed by atoms with E-state index in [1.165, 1.54) is 10.5 Å². The van der Waals surface area contributed by atoms with Crippen LogP contribution in [0.4, 0.5) is 5.82 Å². The fourth-order valence-electron chi connectivity index (χ4n) is 3.78. The molecule has 1 saturated heterocycles. The van der Waals surface area contributed by atoms with Crippen molar-refractivity contribution in [3.63, 3.8) is 0 Å². The fourth-order valence-corrected chi connectivity index (χ4v) is 3.90. The fraction of sp³-hybridized carbons (Fsp3) is 0.300. The second kappa shape index (κ2) is 7.83. The van der Waals surface area contributed by atoms with Crippen molar-refractivity contribution in [2.45, 2.75) is 18.9 Å². The Kier molecular flexibility index (Phi) is 5.21. The number of hydrogen-bond acceptors (Lipinski definition) is 5. The van der Waals surface area contributed by atoms with Crippen molar-refractivity contribution in [3.05, 3.63) is 51.9 Å². The number of fused-ring (bicyclic) bond motifs is 1. The molecule has 1 aliphatic heterocycles. The van der Waals surface area contributed by atoms with E-state index in [-0.39, 0.29) is 11.5 Å². The Morgan fingerprint density at radius 2 is 2.03 bits per heavy atom. The Labute approximate surface area is 176 Å². The van der Waals surface area contributed by atoms with Gasteiger partial charge >= 0.3 is 5.97 Å². The molecule has 10 heteroatoms. The molecule has 1 atom stereocenters. The van der Waals surface area contributed by atoms with Gasteiger partial charge in [0.2, 0.25) is 11.7 Å². The number of aryl methyl sites for hydroxylation is 1. The van der Waals surface area contributed by atoms with Gasteiger partial charge in [-0.2, -0.15) is 0 Å². The molecule has 9 nitrogen and oxygen atoms in total. The van der Waals surface area contributed by atoms with Gasteiger partial charge in [-0.25, -0.2) is 4.98 Å². The molecule has 2 aromatic heterocycles. The van der Waals surface area contributed by atoms with Gasteiger partial charge in [0, 0.05) is 36.4 Å². The molecule has 0 bridgehead atoms. The normalized spacial score (nSPS) is 16.2. The van der Waals surface area contributed by atoms with Gasteiger partial charge in [0.25, 0.3) is 5.56 Å². The molecule has 1 fully saturated rings. The third-order valence-electron chi connectivity index (χ3n) is 5.22. The van der Waals surface area contributed by atoms with Crippen LogP contribution in [0.2, 0.25) is 5.02 Å². The highest BCUT2D eigenvalue weighted by Gasteiger charge is 2.32. The summed E-state index contributed by atoms with van der Waals surface area (Å²) in [6.45, 7) is 0.144. The van der Waals surface area contributed by atoms with Gasteiger partial charge in [-0.15, -0.1) is 0 Å². The first-order chi connectivity index (χ1) is 14.3. The van der Waals surface area contributed by atoms with E-state index < -0.39 is 18.6 Å². The zero-order valence-corrected chi connectivity index (χ0v) is 17.0. The largest absolute Gasteiger partial charge is 0.480 e. The summed E-state index contributed by atoms with van der Waals surface area (Å²) in [5.74, 6) is -0.464. The Morgan fingerprint density at radius 3 is 2.73 bits per heavy atom. The van der Waals surface area contributed by atoms with Crippen LogP contribution in [0, 0.1) is 0 Å². The SMILES string of the molecule is Cn1c(N2CCC[C@H]2C(=O)NCC(=O)O)cc(=O)n2cc(-c3ccc(Cl)cc3)nc12. The number of carboxylic acids is 1. The number of aromatic nitrogens is 3. The summed E-state index contributed by atoms with van der Waals surface area (Å²) in [7, 11) is 1.79. The van der Waals surface area contributed by atoms with Crippen LogP contribution in [-0.4, -0.2) is 50.1 Å². The zero-order valence-electron chi connectivity index (χ0n) is 16.2. The molecule has 0 aliphatic carbocycles. The topological polar surface area (TPSA) is 109 Å². The van der Waals surface area contributed by atoms with Gasteiger partial charge in [0.15, 0.2) is 0 Å². The lowest BCUT2D eigenvalue weighted by molar-refractivity contribution is -0.138. The molecule has 3 heterocycles. The number of nitrogens with one attached hydrogen (secondary N) is 1.